The molecule has 0 N–H and O–H groups in total. The second-order valence-corrected chi connectivity index (χ2v) is 4.06. The maximum absolute atomic E-state index is 11.8. The Morgan fingerprint density at radius 1 is 1.39 bits per heavy atom. The molecule has 0 aliphatic heterocycles. The number of ether oxygens (including phenoxy) is 1. The first-order valence-electron chi connectivity index (χ1n) is 5.46. The van der Waals surface area contributed by atoms with Gasteiger partial charge in [-0.3, -0.25) is 9.59 Å². The monoisotopic (exact) mass is 266 g/mol. The Bertz CT molecular complexity index is 618. The quantitative estimate of drug-likeness (QED) is 0.474. The summed E-state index contributed by atoms with van der Waals surface area (Å²) in [7, 11) is 0. The lowest BCUT2D eigenvalue weighted by molar-refractivity contribution is 0.112. The van der Waals surface area contributed by atoms with E-state index in [2.05, 4.69) is 0 Å². The number of rotatable bonds is 5. The second kappa shape index (κ2) is 5.69. The maximum atomic E-state index is 11.8. The van der Waals surface area contributed by atoms with Crippen LogP contribution < -0.4 is 10.2 Å². The molecule has 0 saturated heterocycles. The molecule has 1 aromatic heterocycles. The molecule has 0 unspecified atom stereocenters. The molecule has 2 aromatic rings. The minimum atomic E-state index is -0.335. The zero-order valence-electron chi connectivity index (χ0n) is 9.52. The standard InChI is InChI=1S/C13H11ClO4/c14-4-1-5-17-10-2-3-11-12(6-10)18-8-9(7-15)13(11)16/h2-3,6-8H,1,4-5H2. The zero-order chi connectivity index (χ0) is 13.0. The minimum Gasteiger partial charge on any atom is -0.493 e. The van der Waals surface area contributed by atoms with Crippen LogP contribution in [0, 0.1) is 0 Å². The van der Waals surface area contributed by atoms with Crippen LogP contribution in [0.1, 0.15) is 16.8 Å². The van der Waals surface area contributed by atoms with Gasteiger partial charge in [-0.1, -0.05) is 0 Å². The number of alkyl halides is 1. The fourth-order valence-corrected chi connectivity index (χ4v) is 1.65. The van der Waals surface area contributed by atoms with E-state index < -0.39 is 0 Å². The molecule has 0 bridgehead atoms. The van der Waals surface area contributed by atoms with E-state index in [0.717, 1.165) is 12.7 Å². The van der Waals surface area contributed by atoms with Crippen molar-refractivity contribution in [3.8, 4) is 5.75 Å². The van der Waals surface area contributed by atoms with Crippen molar-refractivity contribution in [2.75, 3.05) is 12.5 Å². The van der Waals surface area contributed by atoms with E-state index in [1.54, 1.807) is 18.2 Å². The van der Waals surface area contributed by atoms with E-state index in [1.165, 1.54) is 0 Å². The van der Waals surface area contributed by atoms with E-state index in [0.29, 0.717) is 35.5 Å². The van der Waals surface area contributed by atoms with E-state index in [4.69, 9.17) is 20.8 Å². The number of aldehydes is 1. The fraction of sp³-hybridized carbons (Fsp3) is 0.231. The number of carbonyl (C=O) groups is 1. The third-order valence-electron chi connectivity index (χ3n) is 2.45. The van der Waals surface area contributed by atoms with E-state index >= 15 is 0 Å². The molecule has 0 aliphatic rings. The lowest BCUT2D eigenvalue weighted by Crippen LogP contribution is -2.07. The van der Waals surface area contributed by atoms with E-state index in [9.17, 15) is 9.59 Å². The van der Waals surface area contributed by atoms with Crippen molar-refractivity contribution in [1.82, 2.24) is 0 Å². The van der Waals surface area contributed by atoms with Crippen LogP contribution in [0.4, 0.5) is 0 Å². The Balaban J connectivity index is 2.35. The minimum absolute atomic E-state index is 0.0123. The summed E-state index contributed by atoms with van der Waals surface area (Å²) in [4.78, 5) is 22.4. The molecule has 1 heterocycles. The van der Waals surface area contributed by atoms with Crippen LogP contribution in [0.15, 0.2) is 33.7 Å². The second-order valence-electron chi connectivity index (χ2n) is 3.69. The van der Waals surface area contributed by atoms with Crippen LogP contribution in [0.5, 0.6) is 5.75 Å². The molecular weight excluding hydrogens is 256 g/mol. The first kappa shape index (κ1) is 12.6. The molecule has 1 aromatic carbocycles. The highest BCUT2D eigenvalue weighted by atomic mass is 35.5. The summed E-state index contributed by atoms with van der Waals surface area (Å²) >= 11 is 5.54. The Kier molecular flexibility index (Phi) is 3.99. The van der Waals surface area contributed by atoms with Crippen LogP contribution in [0.25, 0.3) is 11.0 Å². The molecule has 5 heteroatoms. The molecule has 0 amide bonds. The van der Waals surface area contributed by atoms with Gasteiger partial charge in [0.15, 0.2) is 6.29 Å². The summed E-state index contributed by atoms with van der Waals surface area (Å²) in [6.07, 6.45) is 2.38. The molecular formula is C13H11ClO4. The molecule has 0 atom stereocenters. The number of hydrogen-bond donors (Lipinski definition) is 0. The van der Waals surface area contributed by atoms with Gasteiger partial charge < -0.3 is 9.15 Å². The van der Waals surface area contributed by atoms with Crippen molar-refractivity contribution in [1.29, 1.82) is 0 Å². The van der Waals surface area contributed by atoms with Crippen molar-refractivity contribution >= 4 is 28.9 Å². The van der Waals surface area contributed by atoms with Gasteiger partial charge in [0, 0.05) is 11.9 Å². The van der Waals surface area contributed by atoms with Crippen molar-refractivity contribution in [2.45, 2.75) is 6.42 Å². The molecule has 94 valence electrons. The summed E-state index contributed by atoms with van der Waals surface area (Å²) in [5.74, 6) is 1.14. The van der Waals surface area contributed by atoms with Gasteiger partial charge in [0.2, 0.25) is 5.43 Å². The molecule has 4 nitrogen and oxygen atoms in total. The molecule has 0 saturated carbocycles. The van der Waals surface area contributed by atoms with Crippen LogP contribution in [-0.4, -0.2) is 18.8 Å². The maximum Gasteiger partial charge on any atom is 0.203 e. The SMILES string of the molecule is O=Cc1coc2cc(OCCCCl)ccc2c1=O. The van der Waals surface area contributed by atoms with E-state index in [-0.39, 0.29) is 11.0 Å². The average Bonchev–Trinajstić information content (AvgIpc) is 2.39. The lowest BCUT2D eigenvalue weighted by atomic mass is 10.2. The number of carbonyl (C=O) groups excluding carboxylic acids is 1. The molecule has 0 fully saturated rings. The van der Waals surface area contributed by atoms with Crippen molar-refractivity contribution in [3.05, 3.63) is 40.2 Å². The number of halogens is 1. The predicted octanol–water partition coefficient (Wildman–Crippen LogP) is 2.61. The molecule has 2 rings (SSSR count). The average molecular weight is 267 g/mol. The van der Waals surface area contributed by atoms with Gasteiger partial charge in [-0.25, -0.2) is 0 Å². The van der Waals surface area contributed by atoms with E-state index in [1.807, 2.05) is 0 Å². The van der Waals surface area contributed by atoms with Crippen LogP contribution >= 0.6 is 11.6 Å². The molecule has 0 aliphatic carbocycles. The number of fused-ring (bicyclic) bond motifs is 1. The molecule has 18 heavy (non-hydrogen) atoms. The van der Waals surface area contributed by atoms with Crippen LogP contribution in [0.3, 0.4) is 0 Å². The van der Waals surface area contributed by atoms with Gasteiger partial charge in [-0.15, -0.1) is 11.6 Å². The fourth-order valence-electron chi connectivity index (χ4n) is 1.54. The van der Waals surface area contributed by atoms with Crippen molar-refractivity contribution in [2.24, 2.45) is 0 Å². The largest absolute Gasteiger partial charge is 0.493 e. The highest BCUT2D eigenvalue weighted by molar-refractivity contribution is 6.17. The lowest BCUT2D eigenvalue weighted by Gasteiger charge is -2.05. The van der Waals surface area contributed by atoms with Crippen LogP contribution in [-0.2, 0) is 0 Å². The Hall–Kier alpha value is -1.81. The number of hydrogen-bond acceptors (Lipinski definition) is 4. The van der Waals surface area contributed by atoms with Crippen molar-refractivity contribution < 1.29 is 13.9 Å². The summed E-state index contributed by atoms with van der Waals surface area (Å²) in [6.45, 7) is 0.506. The predicted molar refractivity (Wildman–Crippen MR) is 68.7 cm³/mol. The van der Waals surface area contributed by atoms with Gasteiger partial charge in [0.05, 0.1) is 17.6 Å². The topological polar surface area (TPSA) is 56.5 Å². The van der Waals surface area contributed by atoms with Gasteiger partial charge >= 0.3 is 0 Å². The van der Waals surface area contributed by atoms with Crippen LogP contribution in [0.2, 0.25) is 0 Å². The normalized spacial score (nSPS) is 10.5. The van der Waals surface area contributed by atoms with Crippen molar-refractivity contribution in [3.63, 3.8) is 0 Å². The highest BCUT2D eigenvalue weighted by Crippen LogP contribution is 2.19. The summed E-state index contributed by atoms with van der Waals surface area (Å²) in [6, 6.07) is 4.88. The summed E-state index contributed by atoms with van der Waals surface area (Å²) < 4.78 is 10.7. The first-order chi connectivity index (χ1) is 8.76. The molecule has 0 radical (unpaired) electrons. The Morgan fingerprint density at radius 2 is 2.22 bits per heavy atom. The van der Waals surface area contributed by atoms with Gasteiger partial charge in [-0.05, 0) is 18.6 Å². The van der Waals surface area contributed by atoms with Gasteiger partial charge in [-0.2, -0.15) is 0 Å². The third-order valence-corrected chi connectivity index (χ3v) is 2.71. The summed E-state index contributed by atoms with van der Waals surface area (Å²) in [5.41, 5.74) is 0.0749. The third kappa shape index (κ3) is 2.54. The van der Waals surface area contributed by atoms with Gasteiger partial charge in [0.1, 0.15) is 17.6 Å². The summed E-state index contributed by atoms with van der Waals surface area (Å²) in [5, 5.41) is 0.365. The Labute approximate surface area is 108 Å². The first-order valence-corrected chi connectivity index (χ1v) is 5.99. The Morgan fingerprint density at radius 3 is 2.94 bits per heavy atom. The molecule has 0 spiro atoms. The number of benzene rings is 1. The smallest absolute Gasteiger partial charge is 0.203 e. The highest BCUT2D eigenvalue weighted by Gasteiger charge is 2.07. The zero-order valence-corrected chi connectivity index (χ0v) is 10.3. The van der Waals surface area contributed by atoms with Gasteiger partial charge in [0.25, 0.3) is 0 Å².